The van der Waals surface area contributed by atoms with Crippen molar-refractivity contribution in [3.8, 4) is 5.75 Å². The highest BCUT2D eigenvalue weighted by molar-refractivity contribution is 14.1. The number of phenolic OH excluding ortho intramolecular Hbond substituents is 1. The molecule has 186 valence electrons. The minimum atomic E-state index is -0.732. The summed E-state index contributed by atoms with van der Waals surface area (Å²) in [5.41, 5.74) is 2.72. The zero-order valence-corrected chi connectivity index (χ0v) is 22.6. The van der Waals surface area contributed by atoms with Gasteiger partial charge in [0.25, 0.3) is 0 Å². The molecular weight excluding hydrogens is 605 g/mol. The van der Waals surface area contributed by atoms with Crippen molar-refractivity contribution in [1.82, 2.24) is 0 Å². The third-order valence-corrected chi connectivity index (χ3v) is 8.90. The van der Waals surface area contributed by atoms with Crippen LogP contribution >= 0.6 is 34.2 Å². The molecule has 1 heterocycles. The van der Waals surface area contributed by atoms with Gasteiger partial charge in [0.1, 0.15) is 5.75 Å². The number of ketones is 2. The Morgan fingerprint density at radius 1 is 1.00 bits per heavy atom. The number of Topliss-reactive ketones (excluding diaryl/α,β-unsaturated/α-hetero) is 1. The highest BCUT2D eigenvalue weighted by Crippen LogP contribution is 2.56. The van der Waals surface area contributed by atoms with Gasteiger partial charge in [0.15, 0.2) is 11.6 Å². The van der Waals surface area contributed by atoms with Crippen LogP contribution in [0, 0.1) is 21.3 Å². The van der Waals surface area contributed by atoms with Crippen molar-refractivity contribution < 1.29 is 24.3 Å². The summed E-state index contributed by atoms with van der Waals surface area (Å²) >= 11 is 8.45. The Morgan fingerprint density at radius 3 is 2.46 bits per heavy atom. The predicted octanol–water partition coefficient (Wildman–Crippen LogP) is 5.28. The van der Waals surface area contributed by atoms with Gasteiger partial charge < -0.3 is 5.11 Å². The summed E-state index contributed by atoms with van der Waals surface area (Å²) < 4.78 is 0.988. The van der Waals surface area contributed by atoms with Gasteiger partial charge in [0.05, 0.1) is 17.5 Å². The van der Waals surface area contributed by atoms with Crippen LogP contribution in [0.4, 0.5) is 5.69 Å². The quantitative estimate of drug-likeness (QED) is 0.212. The molecule has 1 saturated heterocycles. The first-order valence-corrected chi connectivity index (χ1v) is 13.4. The number of benzene rings is 2. The number of imide groups is 1. The van der Waals surface area contributed by atoms with Crippen molar-refractivity contribution in [2.24, 2.45) is 17.8 Å². The molecule has 1 fully saturated rings. The fourth-order valence-corrected chi connectivity index (χ4v) is 6.88. The van der Waals surface area contributed by atoms with Crippen LogP contribution in [0.1, 0.15) is 31.2 Å². The molecule has 3 aliphatic carbocycles. The van der Waals surface area contributed by atoms with Gasteiger partial charge in [-0.2, -0.15) is 0 Å². The Hall–Kier alpha value is -3.04. The minimum absolute atomic E-state index is 0.0502. The van der Waals surface area contributed by atoms with E-state index in [0.29, 0.717) is 39.4 Å². The Bertz CT molecular complexity index is 1520. The van der Waals surface area contributed by atoms with E-state index in [0.717, 1.165) is 9.14 Å². The van der Waals surface area contributed by atoms with E-state index in [1.54, 1.807) is 31.2 Å². The molecule has 0 saturated carbocycles. The van der Waals surface area contributed by atoms with Crippen LogP contribution in [0.3, 0.4) is 0 Å². The van der Waals surface area contributed by atoms with Gasteiger partial charge in [-0.05, 0) is 96.8 Å². The lowest BCUT2D eigenvalue weighted by Crippen LogP contribution is -2.39. The van der Waals surface area contributed by atoms with Crippen molar-refractivity contribution in [1.29, 1.82) is 0 Å². The Balaban J connectivity index is 1.50. The number of halogens is 2. The van der Waals surface area contributed by atoms with E-state index in [9.17, 15) is 24.3 Å². The highest BCUT2D eigenvalue weighted by atomic mass is 127. The molecule has 4 unspecified atom stereocenters. The van der Waals surface area contributed by atoms with Crippen LogP contribution < -0.4 is 4.90 Å². The molecule has 0 bridgehead atoms. The molecule has 1 aliphatic heterocycles. The first-order chi connectivity index (χ1) is 17.7. The molecule has 6 nitrogen and oxygen atoms in total. The molecule has 2 amide bonds. The summed E-state index contributed by atoms with van der Waals surface area (Å²) in [6.45, 7) is 1.60. The topological polar surface area (TPSA) is 91.8 Å². The number of fused-ring (bicyclic) bond motifs is 3. The molecule has 4 atom stereocenters. The van der Waals surface area contributed by atoms with Gasteiger partial charge in [-0.15, -0.1) is 0 Å². The van der Waals surface area contributed by atoms with Crippen molar-refractivity contribution in [3.05, 3.63) is 91.1 Å². The number of rotatable bonds is 2. The predicted molar refractivity (Wildman–Crippen MR) is 146 cm³/mol. The fourth-order valence-electron chi connectivity index (χ4n) is 6.34. The minimum Gasteiger partial charge on any atom is -0.508 e. The standard InChI is InChI=1S/C29H21ClINO5/c1-13-10-23(34)26-21(27(13)35)12-19-17(24(26)20-11-14(30)2-9-22(20)33)7-8-18-25(19)29(37)32(28(18)36)16-5-3-15(31)4-6-16/h2-7,9-11,18-19,24-25,33H,8,12H2,1H3. The van der Waals surface area contributed by atoms with Gasteiger partial charge in [0, 0.05) is 36.8 Å². The number of anilines is 1. The van der Waals surface area contributed by atoms with Crippen LogP contribution in [0.2, 0.25) is 5.02 Å². The maximum Gasteiger partial charge on any atom is 0.238 e. The molecule has 8 heteroatoms. The van der Waals surface area contributed by atoms with Crippen molar-refractivity contribution >= 4 is 63.3 Å². The molecule has 0 aromatic heterocycles. The normalized spacial score (nSPS) is 27.1. The average Bonchev–Trinajstić information content (AvgIpc) is 3.13. The number of aromatic hydroxyl groups is 1. The molecule has 1 N–H and O–H groups in total. The number of hydrogen-bond acceptors (Lipinski definition) is 5. The van der Waals surface area contributed by atoms with E-state index in [4.69, 9.17) is 11.6 Å². The van der Waals surface area contributed by atoms with Crippen LogP contribution in [0.25, 0.3) is 0 Å². The third-order valence-electron chi connectivity index (χ3n) is 7.95. The first kappa shape index (κ1) is 24.3. The van der Waals surface area contributed by atoms with E-state index in [1.807, 2.05) is 18.2 Å². The number of carbonyl (C=O) groups is 4. The number of phenols is 1. The van der Waals surface area contributed by atoms with E-state index < -0.39 is 23.7 Å². The Morgan fingerprint density at radius 2 is 1.73 bits per heavy atom. The lowest BCUT2D eigenvalue weighted by molar-refractivity contribution is -0.123. The molecule has 6 rings (SSSR count). The molecule has 0 radical (unpaired) electrons. The Kier molecular flexibility index (Phi) is 5.76. The van der Waals surface area contributed by atoms with Crippen LogP contribution in [0.5, 0.6) is 5.75 Å². The van der Waals surface area contributed by atoms with Crippen LogP contribution in [-0.2, 0) is 19.2 Å². The zero-order chi connectivity index (χ0) is 26.2. The van der Waals surface area contributed by atoms with Gasteiger partial charge in [-0.25, -0.2) is 0 Å². The summed E-state index contributed by atoms with van der Waals surface area (Å²) in [6, 6.07) is 11.8. The number of nitrogens with zero attached hydrogens (tertiary/aromatic N) is 1. The lowest BCUT2D eigenvalue weighted by atomic mass is 9.59. The second-order valence-electron chi connectivity index (χ2n) is 9.92. The fraction of sp³-hybridized carbons (Fsp3) is 0.241. The number of hydrogen-bond donors (Lipinski definition) is 1. The Labute approximate surface area is 231 Å². The number of allylic oxidation sites excluding steroid dienone is 6. The van der Waals surface area contributed by atoms with Crippen LogP contribution in [0.15, 0.2) is 76.9 Å². The molecule has 0 spiro atoms. The maximum atomic E-state index is 13.9. The first-order valence-electron chi connectivity index (χ1n) is 12.0. The lowest BCUT2D eigenvalue weighted by Gasteiger charge is -2.42. The maximum absolute atomic E-state index is 13.9. The molecule has 37 heavy (non-hydrogen) atoms. The van der Waals surface area contributed by atoms with E-state index in [-0.39, 0.29) is 35.6 Å². The highest BCUT2D eigenvalue weighted by Gasteiger charge is 2.56. The van der Waals surface area contributed by atoms with Crippen molar-refractivity contribution in [2.45, 2.75) is 25.7 Å². The van der Waals surface area contributed by atoms with E-state index in [2.05, 4.69) is 22.6 Å². The summed E-state index contributed by atoms with van der Waals surface area (Å²) in [6.07, 6.45) is 3.78. The van der Waals surface area contributed by atoms with E-state index >= 15 is 0 Å². The largest absolute Gasteiger partial charge is 0.508 e. The molecule has 2 aromatic carbocycles. The van der Waals surface area contributed by atoms with Crippen molar-refractivity contribution in [2.75, 3.05) is 4.90 Å². The SMILES string of the molecule is CC1=CC(=O)C2=C(CC3C(=CCC4C(=O)N(c5ccc(I)cc5)C(=O)C43)C2c2cc(Cl)ccc2O)C1=O. The van der Waals surface area contributed by atoms with Gasteiger partial charge in [-0.1, -0.05) is 23.3 Å². The summed E-state index contributed by atoms with van der Waals surface area (Å²) in [4.78, 5) is 55.2. The van der Waals surface area contributed by atoms with E-state index in [1.165, 1.54) is 17.0 Å². The second-order valence-corrected chi connectivity index (χ2v) is 11.6. The van der Waals surface area contributed by atoms with Crippen LogP contribution in [-0.4, -0.2) is 28.5 Å². The monoisotopic (exact) mass is 625 g/mol. The zero-order valence-electron chi connectivity index (χ0n) is 19.7. The third kappa shape index (κ3) is 3.66. The number of carbonyl (C=O) groups excluding carboxylic acids is 4. The molecule has 2 aromatic rings. The average molecular weight is 626 g/mol. The van der Waals surface area contributed by atoms with Gasteiger partial charge >= 0.3 is 0 Å². The smallest absolute Gasteiger partial charge is 0.238 e. The summed E-state index contributed by atoms with van der Waals surface area (Å²) in [5.74, 6) is -3.55. The van der Waals surface area contributed by atoms with Gasteiger partial charge in [-0.3, -0.25) is 24.1 Å². The molecular formula is C29H21ClINO5. The summed E-state index contributed by atoms with van der Waals surface area (Å²) in [7, 11) is 0. The summed E-state index contributed by atoms with van der Waals surface area (Å²) in [5, 5.41) is 11.2. The van der Waals surface area contributed by atoms with Crippen molar-refractivity contribution in [3.63, 3.8) is 0 Å². The molecule has 4 aliphatic rings. The second kappa shape index (κ2) is 8.77. The number of amides is 2. The van der Waals surface area contributed by atoms with Gasteiger partial charge in [0.2, 0.25) is 11.8 Å².